The quantitative estimate of drug-likeness (QED) is 0.851. The highest BCUT2D eigenvalue weighted by atomic mass is 16.5. The summed E-state index contributed by atoms with van der Waals surface area (Å²) in [5.41, 5.74) is 7.09. The molecule has 0 aliphatic carbocycles. The van der Waals surface area contributed by atoms with E-state index in [9.17, 15) is 4.79 Å². The molecule has 4 nitrogen and oxygen atoms in total. The number of hydrogen-bond acceptors (Lipinski definition) is 3. The van der Waals surface area contributed by atoms with Crippen molar-refractivity contribution < 1.29 is 4.74 Å². The molecule has 2 rings (SSSR count). The standard InChI is InChI=1S/C16H16N2O2/c1-20-15-8-7-13(5-4-9-17)11-14(15)12-18-10-3-2-6-16(18)19/h2-3,6-8,10-11H,9,12,17H2,1H3. The highest BCUT2D eigenvalue weighted by Crippen LogP contribution is 2.20. The van der Waals surface area contributed by atoms with E-state index in [1.807, 2.05) is 24.3 Å². The molecule has 2 N–H and O–H groups in total. The normalized spacial score (nSPS) is 9.70. The Morgan fingerprint density at radius 3 is 2.85 bits per heavy atom. The van der Waals surface area contributed by atoms with Crippen LogP contribution in [-0.4, -0.2) is 18.2 Å². The maximum atomic E-state index is 11.8. The van der Waals surface area contributed by atoms with Gasteiger partial charge >= 0.3 is 0 Å². The number of aromatic nitrogens is 1. The predicted octanol–water partition coefficient (Wildman–Crippen LogP) is 1.22. The van der Waals surface area contributed by atoms with E-state index in [-0.39, 0.29) is 5.56 Å². The van der Waals surface area contributed by atoms with Gasteiger partial charge in [0.25, 0.3) is 5.56 Å². The Balaban J connectivity index is 2.38. The molecule has 0 fully saturated rings. The summed E-state index contributed by atoms with van der Waals surface area (Å²) >= 11 is 0. The van der Waals surface area contributed by atoms with E-state index in [1.54, 1.807) is 23.9 Å². The summed E-state index contributed by atoms with van der Waals surface area (Å²) in [6.07, 6.45) is 1.75. The van der Waals surface area contributed by atoms with E-state index in [0.29, 0.717) is 13.1 Å². The van der Waals surface area contributed by atoms with Crippen LogP contribution in [0.25, 0.3) is 0 Å². The van der Waals surface area contributed by atoms with E-state index in [4.69, 9.17) is 10.5 Å². The third kappa shape index (κ3) is 3.28. The van der Waals surface area contributed by atoms with Crippen LogP contribution in [0.4, 0.5) is 0 Å². The van der Waals surface area contributed by atoms with Crippen molar-refractivity contribution in [1.82, 2.24) is 4.57 Å². The molecule has 0 aliphatic heterocycles. The fourth-order valence-electron chi connectivity index (χ4n) is 1.91. The van der Waals surface area contributed by atoms with Gasteiger partial charge in [0.1, 0.15) is 5.75 Å². The molecule has 0 atom stereocenters. The summed E-state index contributed by atoms with van der Waals surface area (Å²) in [4.78, 5) is 11.8. The van der Waals surface area contributed by atoms with Gasteiger partial charge in [-0.25, -0.2) is 0 Å². The molecule has 0 spiro atoms. The number of ether oxygens (including phenoxy) is 1. The number of rotatable bonds is 3. The second-order valence-corrected chi connectivity index (χ2v) is 4.20. The Kier molecular flexibility index (Phi) is 4.59. The van der Waals surface area contributed by atoms with Crippen LogP contribution in [0.5, 0.6) is 5.75 Å². The molecule has 1 aromatic carbocycles. The summed E-state index contributed by atoms with van der Waals surface area (Å²) in [7, 11) is 1.61. The summed E-state index contributed by atoms with van der Waals surface area (Å²) in [6, 6.07) is 10.7. The molecule has 0 amide bonds. The van der Waals surface area contributed by atoms with E-state index in [0.717, 1.165) is 16.9 Å². The molecule has 0 aliphatic rings. The molecule has 0 radical (unpaired) electrons. The minimum absolute atomic E-state index is 0.0481. The first-order valence-electron chi connectivity index (χ1n) is 6.26. The maximum absolute atomic E-state index is 11.8. The van der Waals surface area contributed by atoms with E-state index >= 15 is 0 Å². The van der Waals surface area contributed by atoms with Gasteiger partial charge in [-0.2, -0.15) is 0 Å². The van der Waals surface area contributed by atoms with Crippen molar-refractivity contribution in [1.29, 1.82) is 0 Å². The number of methoxy groups -OCH3 is 1. The third-order valence-corrected chi connectivity index (χ3v) is 2.85. The highest BCUT2D eigenvalue weighted by Gasteiger charge is 2.05. The Bertz CT molecular complexity index is 708. The number of pyridine rings is 1. The van der Waals surface area contributed by atoms with Gasteiger partial charge < -0.3 is 15.0 Å². The van der Waals surface area contributed by atoms with E-state index in [1.165, 1.54) is 6.07 Å². The molecule has 0 unspecified atom stereocenters. The van der Waals surface area contributed by atoms with E-state index in [2.05, 4.69) is 11.8 Å². The van der Waals surface area contributed by atoms with Crippen molar-refractivity contribution in [3.8, 4) is 17.6 Å². The smallest absolute Gasteiger partial charge is 0.250 e. The molecule has 0 saturated heterocycles. The summed E-state index contributed by atoms with van der Waals surface area (Å²) in [5.74, 6) is 6.53. The van der Waals surface area contributed by atoms with Gasteiger partial charge in [-0.05, 0) is 24.3 Å². The van der Waals surface area contributed by atoms with Crippen molar-refractivity contribution in [2.24, 2.45) is 5.73 Å². The molecule has 4 heteroatoms. The van der Waals surface area contributed by atoms with Crippen LogP contribution in [-0.2, 0) is 6.54 Å². The van der Waals surface area contributed by atoms with Gasteiger partial charge in [-0.3, -0.25) is 4.79 Å². The van der Waals surface area contributed by atoms with Crippen LogP contribution in [0.1, 0.15) is 11.1 Å². The van der Waals surface area contributed by atoms with Crippen LogP contribution >= 0.6 is 0 Å². The Morgan fingerprint density at radius 1 is 1.30 bits per heavy atom. The molecule has 20 heavy (non-hydrogen) atoms. The second-order valence-electron chi connectivity index (χ2n) is 4.20. The Hall–Kier alpha value is -2.51. The summed E-state index contributed by atoms with van der Waals surface area (Å²) in [6.45, 7) is 0.764. The minimum atomic E-state index is -0.0481. The number of hydrogen-bond donors (Lipinski definition) is 1. The van der Waals surface area contributed by atoms with Crippen molar-refractivity contribution in [3.63, 3.8) is 0 Å². The first kappa shape index (κ1) is 13.9. The van der Waals surface area contributed by atoms with Gasteiger partial charge in [0, 0.05) is 23.4 Å². The monoisotopic (exact) mass is 268 g/mol. The molecule has 102 valence electrons. The third-order valence-electron chi connectivity index (χ3n) is 2.85. The van der Waals surface area contributed by atoms with Crippen LogP contribution in [0.2, 0.25) is 0 Å². The zero-order chi connectivity index (χ0) is 14.4. The van der Waals surface area contributed by atoms with Crippen LogP contribution in [0, 0.1) is 11.8 Å². The zero-order valence-electron chi connectivity index (χ0n) is 11.3. The van der Waals surface area contributed by atoms with Gasteiger partial charge in [0.2, 0.25) is 0 Å². The lowest BCUT2D eigenvalue weighted by molar-refractivity contribution is 0.408. The summed E-state index contributed by atoms with van der Waals surface area (Å²) in [5, 5.41) is 0. The van der Waals surface area contributed by atoms with Crippen LogP contribution in [0.3, 0.4) is 0 Å². The average Bonchev–Trinajstić information content (AvgIpc) is 2.48. The molecule has 2 aromatic rings. The van der Waals surface area contributed by atoms with Gasteiger partial charge in [-0.15, -0.1) is 0 Å². The molecule has 0 bridgehead atoms. The fourth-order valence-corrected chi connectivity index (χ4v) is 1.91. The largest absolute Gasteiger partial charge is 0.496 e. The number of benzene rings is 1. The lowest BCUT2D eigenvalue weighted by Crippen LogP contribution is -2.18. The first-order valence-corrected chi connectivity index (χ1v) is 6.26. The predicted molar refractivity (Wildman–Crippen MR) is 78.7 cm³/mol. The van der Waals surface area contributed by atoms with Gasteiger partial charge in [0.15, 0.2) is 0 Å². The molecule has 1 aromatic heterocycles. The summed E-state index contributed by atoms with van der Waals surface area (Å²) < 4.78 is 6.95. The fraction of sp³-hybridized carbons (Fsp3) is 0.188. The SMILES string of the molecule is COc1ccc(C#CCN)cc1Cn1ccccc1=O. The topological polar surface area (TPSA) is 57.2 Å². The number of nitrogens with two attached hydrogens (primary N) is 1. The molecule has 1 heterocycles. The van der Waals surface area contributed by atoms with Crippen molar-refractivity contribution in [2.75, 3.05) is 13.7 Å². The molecular formula is C16H16N2O2. The Morgan fingerprint density at radius 2 is 2.15 bits per heavy atom. The van der Waals surface area contributed by atoms with Crippen LogP contribution in [0.15, 0.2) is 47.4 Å². The van der Waals surface area contributed by atoms with Crippen molar-refractivity contribution >= 4 is 0 Å². The zero-order valence-corrected chi connectivity index (χ0v) is 11.3. The van der Waals surface area contributed by atoms with E-state index < -0.39 is 0 Å². The second kappa shape index (κ2) is 6.60. The number of nitrogens with zero attached hydrogens (tertiary/aromatic N) is 1. The minimum Gasteiger partial charge on any atom is -0.496 e. The lowest BCUT2D eigenvalue weighted by atomic mass is 10.1. The Labute approximate surface area is 117 Å². The molecular weight excluding hydrogens is 252 g/mol. The average molecular weight is 268 g/mol. The first-order chi connectivity index (χ1) is 9.74. The van der Waals surface area contributed by atoms with Crippen molar-refractivity contribution in [3.05, 3.63) is 64.1 Å². The van der Waals surface area contributed by atoms with Crippen LogP contribution < -0.4 is 16.0 Å². The highest BCUT2D eigenvalue weighted by molar-refractivity contribution is 5.44. The van der Waals surface area contributed by atoms with Gasteiger partial charge in [0.05, 0.1) is 20.2 Å². The van der Waals surface area contributed by atoms with Crippen molar-refractivity contribution in [2.45, 2.75) is 6.54 Å². The lowest BCUT2D eigenvalue weighted by Gasteiger charge is -2.10. The molecule has 0 saturated carbocycles. The maximum Gasteiger partial charge on any atom is 0.250 e. The van der Waals surface area contributed by atoms with Gasteiger partial charge in [-0.1, -0.05) is 17.9 Å².